The minimum absolute atomic E-state index is 0.211. The second-order valence-electron chi connectivity index (χ2n) is 6.91. The van der Waals surface area contributed by atoms with E-state index in [0.29, 0.717) is 24.7 Å². The number of rotatable bonds is 7. The summed E-state index contributed by atoms with van der Waals surface area (Å²) in [7, 11) is 0. The van der Waals surface area contributed by atoms with Gasteiger partial charge in [0.05, 0.1) is 17.1 Å². The Hall–Kier alpha value is -2.64. The Morgan fingerprint density at radius 1 is 1.07 bits per heavy atom. The molecule has 4 rings (SSSR count). The summed E-state index contributed by atoms with van der Waals surface area (Å²) in [5.41, 5.74) is 3.14. The van der Waals surface area contributed by atoms with Gasteiger partial charge in [0.1, 0.15) is 6.26 Å². The maximum absolute atomic E-state index is 12.2. The molecule has 3 heterocycles. The Morgan fingerprint density at radius 3 is 2.64 bits per heavy atom. The van der Waals surface area contributed by atoms with Gasteiger partial charge in [0.2, 0.25) is 5.89 Å². The SMILES string of the molecule is O=C(NCc1coc(-c2cccs2)n1)NCc1ccccc1CN1CCCC1. The van der Waals surface area contributed by atoms with Crippen LogP contribution in [0.25, 0.3) is 10.8 Å². The summed E-state index contributed by atoms with van der Waals surface area (Å²) in [6.07, 6.45) is 4.14. The highest BCUT2D eigenvalue weighted by atomic mass is 32.1. The third-order valence-electron chi connectivity index (χ3n) is 4.86. The fourth-order valence-electron chi connectivity index (χ4n) is 3.38. The third kappa shape index (κ3) is 4.79. The number of amides is 2. The molecule has 0 spiro atoms. The summed E-state index contributed by atoms with van der Waals surface area (Å²) >= 11 is 1.57. The van der Waals surface area contributed by atoms with Crippen molar-refractivity contribution in [3.63, 3.8) is 0 Å². The van der Waals surface area contributed by atoms with E-state index in [1.807, 2.05) is 23.6 Å². The van der Waals surface area contributed by atoms with E-state index < -0.39 is 0 Å². The number of oxazole rings is 1. The van der Waals surface area contributed by atoms with Gasteiger partial charge in [-0.3, -0.25) is 4.90 Å². The summed E-state index contributed by atoms with van der Waals surface area (Å²) in [6, 6.07) is 12.0. The Balaban J connectivity index is 1.27. The van der Waals surface area contributed by atoms with Crippen molar-refractivity contribution in [3.8, 4) is 10.8 Å². The fraction of sp³-hybridized carbons (Fsp3) is 0.333. The molecule has 1 aliphatic rings. The fourth-order valence-corrected chi connectivity index (χ4v) is 4.03. The number of nitrogens with zero attached hydrogens (tertiary/aromatic N) is 2. The molecular weight excluding hydrogens is 372 g/mol. The largest absolute Gasteiger partial charge is 0.443 e. The van der Waals surface area contributed by atoms with Crippen LogP contribution < -0.4 is 10.6 Å². The van der Waals surface area contributed by atoms with Gasteiger partial charge in [0, 0.05) is 13.1 Å². The molecule has 1 saturated heterocycles. The van der Waals surface area contributed by atoms with Gasteiger partial charge in [-0.05, 0) is 48.5 Å². The molecule has 1 fully saturated rings. The summed E-state index contributed by atoms with van der Waals surface area (Å²) in [5.74, 6) is 0.586. The lowest BCUT2D eigenvalue weighted by Gasteiger charge is -2.17. The first kappa shape index (κ1) is 18.7. The number of nitrogens with one attached hydrogen (secondary N) is 2. The van der Waals surface area contributed by atoms with Crippen LogP contribution >= 0.6 is 11.3 Å². The van der Waals surface area contributed by atoms with E-state index in [1.54, 1.807) is 17.6 Å². The second-order valence-corrected chi connectivity index (χ2v) is 7.86. The van der Waals surface area contributed by atoms with Crippen LogP contribution in [0.5, 0.6) is 0 Å². The predicted octanol–water partition coefficient (Wildman–Crippen LogP) is 4.00. The van der Waals surface area contributed by atoms with Crippen LogP contribution in [0.4, 0.5) is 4.79 Å². The molecule has 0 aliphatic carbocycles. The van der Waals surface area contributed by atoms with Crippen LogP contribution in [0.1, 0.15) is 29.7 Å². The van der Waals surface area contributed by atoms with Crippen LogP contribution in [0.15, 0.2) is 52.5 Å². The van der Waals surface area contributed by atoms with Gasteiger partial charge in [0.15, 0.2) is 0 Å². The molecule has 2 amide bonds. The zero-order valence-corrected chi connectivity index (χ0v) is 16.5. The summed E-state index contributed by atoms with van der Waals surface area (Å²) in [5, 5.41) is 7.76. The van der Waals surface area contributed by atoms with Crippen molar-refractivity contribution < 1.29 is 9.21 Å². The molecule has 0 saturated carbocycles. The molecule has 0 unspecified atom stereocenters. The lowest BCUT2D eigenvalue weighted by atomic mass is 10.1. The van der Waals surface area contributed by atoms with Gasteiger partial charge >= 0.3 is 6.03 Å². The molecule has 146 valence electrons. The third-order valence-corrected chi connectivity index (χ3v) is 5.72. The van der Waals surface area contributed by atoms with Crippen molar-refractivity contribution in [1.29, 1.82) is 0 Å². The number of thiophene rings is 1. The normalized spacial score (nSPS) is 14.3. The van der Waals surface area contributed by atoms with Gasteiger partial charge in [0.25, 0.3) is 0 Å². The van der Waals surface area contributed by atoms with Crippen molar-refractivity contribution in [2.75, 3.05) is 13.1 Å². The van der Waals surface area contributed by atoms with E-state index in [9.17, 15) is 4.79 Å². The molecule has 1 aromatic carbocycles. The average Bonchev–Trinajstić information content (AvgIpc) is 3.48. The predicted molar refractivity (Wildman–Crippen MR) is 110 cm³/mol. The van der Waals surface area contributed by atoms with Crippen molar-refractivity contribution in [2.45, 2.75) is 32.5 Å². The van der Waals surface area contributed by atoms with Gasteiger partial charge in [-0.1, -0.05) is 30.3 Å². The van der Waals surface area contributed by atoms with Gasteiger partial charge in [-0.2, -0.15) is 0 Å². The van der Waals surface area contributed by atoms with E-state index in [4.69, 9.17) is 4.42 Å². The summed E-state index contributed by atoms with van der Waals surface area (Å²) in [4.78, 5) is 20.0. The highest BCUT2D eigenvalue weighted by Gasteiger charge is 2.14. The van der Waals surface area contributed by atoms with Crippen LogP contribution in [0.3, 0.4) is 0 Å². The molecule has 3 aromatic rings. The number of likely N-dealkylation sites (tertiary alicyclic amines) is 1. The van der Waals surface area contributed by atoms with E-state index in [0.717, 1.165) is 30.1 Å². The monoisotopic (exact) mass is 396 g/mol. The molecule has 2 aromatic heterocycles. The van der Waals surface area contributed by atoms with Crippen LogP contribution in [-0.2, 0) is 19.6 Å². The highest BCUT2D eigenvalue weighted by Crippen LogP contribution is 2.23. The topological polar surface area (TPSA) is 70.4 Å². The number of hydrogen-bond acceptors (Lipinski definition) is 5. The first-order valence-corrected chi connectivity index (χ1v) is 10.4. The van der Waals surface area contributed by atoms with E-state index in [2.05, 4.69) is 38.7 Å². The lowest BCUT2D eigenvalue weighted by molar-refractivity contribution is 0.240. The van der Waals surface area contributed by atoms with E-state index in [1.165, 1.54) is 18.4 Å². The van der Waals surface area contributed by atoms with Gasteiger partial charge in [-0.25, -0.2) is 9.78 Å². The Morgan fingerprint density at radius 2 is 1.86 bits per heavy atom. The molecule has 0 radical (unpaired) electrons. The standard InChI is InChI=1S/C21H24N4O2S/c26-21(23-13-18-15-27-20(24-18)19-8-5-11-28-19)22-12-16-6-1-2-7-17(16)14-25-9-3-4-10-25/h1-2,5-8,11,15H,3-4,9-10,12-14H2,(H2,22,23,26). The van der Waals surface area contributed by atoms with Crippen LogP contribution in [0, 0.1) is 0 Å². The number of carbonyl (C=O) groups excluding carboxylic acids is 1. The number of carbonyl (C=O) groups is 1. The van der Waals surface area contributed by atoms with Crippen molar-refractivity contribution in [1.82, 2.24) is 20.5 Å². The molecule has 0 atom stereocenters. The van der Waals surface area contributed by atoms with E-state index >= 15 is 0 Å². The number of aromatic nitrogens is 1. The van der Waals surface area contributed by atoms with E-state index in [-0.39, 0.29) is 6.03 Å². The van der Waals surface area contributed by atoms with Crippen molar-refractivity contribution in [3.05, 3.63) is 64.9 Å². The molecule has 0 bridgehead atoms. The minimum Gasteiger partial charge on any atom is -0.443 e. The molecule has 2 N–H and O–H groups in total. The highest BCUT2D eigenvalue weighted by molar-refractivity contribution is 7.13. The zero-order valence-electron chi connectivity index (χ0n) is 15.7. The smallest absolute Gasteiger partial charge is 0.315 e. The van der Waals surface area contributed by atoms with Crippen molar-refractivity contribution >= 4 is 17.4 Å². The Labute approximate surface area is 168 Å². The lowest BCUT2D eigenvalue weighted by Crippen LogP contribution is -2.35. The quantitative estimate of drug-likeness (QED) is 0.633. The molecule has 7 heteroatoms. The van der Waals surface area contributed by atoms with Gasteiger partial charge < -0.3 is 15.1 Å². The molecule has 28 heavy (non-hydrogen) atoms. The summed E-state index contributed by atoms with van der Waals surface area (Å²) < 4.78 is 5.47. The van der Waals surface area contributed by atoms with Gasteiger partial charge in [-0.15, -0.1) is 11.3 Å². The molecule has 6 nitrogen and oxygen atoms in total. The first-order chi connectivity index (χ1) is 13.8. The zero-order chi connectivity index (χ0) is 19.2. The Bertz CT molecular complexity index is 901. The maximum Gasteiger partial charge on any atom is 0.315 e. The molecule has 1 aliphatic heterocycles. The number of urea groups is 1. The summed E-state index contributed by atoms with van der Waals surface area (Å²) in [6.45, 7) is 4.11. The molecular formula is C21H24N4O2S. The number of hydrogen-bond donors (Lipinski definition) is 2. The first-order valence-electron chi connectivity index (χ1n) is 9.57. The minimum atomic E-state index is -0.211. The number of benzene rings is 1. The van der Waals surface area contributed by atoms with Crippen LogP contribution in [-0.4, -0.2) is 29.0 Å². The maximum atomic E-state index is 12.2. The Kier molecular flexibility index (Phi) is 6.04. The average molecular weight is 397 g/mol. The second kappa shape index (κ2) is 9.03. The van der Waals surface area contributed by atoms with Crippen molar-refractivity contribution in [2.24, 2.45) is 0 Å². The van der Waals surface area contributed by atoms with Crippen LogP contribution in [0.2, 0.25) is 0 Å².